The summed E-state index contributed by atoms with van der Waals surface area (Å²) in [5.74, 6) is 2.31. The number of nitrogens with one attached hydrogen (secondary N) is 1. The minimum atomic E-state index is 0.609. The van der Waals surface area contributed by atoms with Crippen LogP contribution in [0.15, 0.2) is 48.5 Å². The van der Waals surface area contributed by atoms with Gasteiger partial charge in [-0.05, 0) is 54.9 Å². The van der Waals surface area contributed by atoms with Crippen LogP contribution in [0.2, 0.25) is 0 Å². The predicted molar refractivity (Wildman–Crippen MR) is 97.8 cm³/mol. The van der Waals surface area contributed by atoms with Crippen molar-refractivity contribution in [1.29, 1.82) is 0 Å². The Kier molecular flexibility index (Phi) is 5.76. The van der Waals surface area contributed by atoms with E-state index in [0.29, 0.717) is 6.04 Å². The topological polar surface area (TPSA) is 30.5 Å². The first-order valence-corrected chi connectivity index (χ1v) is 8.79. The molecule has 0 aliphatic heterocycles. The molecule has 3 nitrogen and oxygen atoms in total. The van der Waals surface area contributed by atoms with Gasteiger partial charge in [0.25, 0.3) is 0 Å². The van der Waals surface area contributed by atoms with Gasteiger partial charge in [0.15, 0.2) is 11.5 Å². The molecular weight excluding hydrogens is 298 g/mol. The minimum Gasteiger partial charge on any atom is -0.493 e. The summed E-state index contributed by atoms with van der Waals surface area (Å²) >= 11 is 0. The maximum atomic E-state index is 5.38. The fourth-order valence-electron chi connectivity index (χ4n) is 3.61. The summed E-state index contributed by atoms with van der Waals surface area (Å²) in [5.41, 5.74) is 2.73. The standard InChI is InChI=1S/C21H27NO2/c1-23-20-13-8-16(14-21(20)24-2)15-22-19-11-9-18(10-12-19)17-6-4-3-5-7-17/h3-8,13-14,18-19,22H,9-12,15H2,1-2H3. The van der Waals surface area contributed by atoms with Gasteiger partial charge in [-0.1, -0.05) is 36.4 Å². The van der Waals surface area contributed by atoms with Crippen LogP contribution in [0.3, 0.4) is 0 Å². The van der Waals surface area contributed by atoms with Gasteiger partial charge >= 0.3 is 0 Å². The Morgan fingerprint density at radius 2 is 1.58 bits per heavy atom. The summed E-state index contributed by atoms with van der Waals surface area (Å²) in [7, 11) is 3.35. The van der Waals surface area contributed by atoms with Crippen molar-refractivity contribution in [3.8, 4) is 11.5 Å². The Hall–Kier alpha value is -2.00. The highest BCUT2D eigenvalue weighted by molar-refractivity contribution is 5.42. The van der Waals surface area contributed by atoms with E-state index in [4.69, 9.17) is 9.47 Å². The first kappa shape index (κ1) is 16.8. The highest BCUT2D eigenvalue weighted by atomic mass is 16.5. The van der Waals surface area contributed by atoms with Crippen LogP contribution in [-0.4, -0.2) is 20.3 Å². The fourth-order valence-corrected chi connectivity index (χ4v) is 3.61. The molecule has 0 heterocycles. The van der Waals surface area contributed by atoms with Crippen molar-refractivity contribution in [2.45, 2.75) is 44.2 Å². The Labute approximate surface area is 145 Å². The van der Waals surface area contributed by atoms with E-state index in [1.165, 1.54) is 36.8 Å². The van der Waals surface area contributed by atoms with Crippen LogP contribution in [0.1, 0.15) is 42.7 Å². The third kappa shape index (κ3) is 4.09. The van der Waals surface area contributed by atoms with Crippen molar-refractivity contribution in [3.05, 3.63) is 59.7 Å². The predicted octanol–water partition coefficient (Wildman–Crippen LogP) is 4.52. The van der Waals surface area contributed by atoms with E-state index >= 15 is 0 Å². The minimum absolute atomic E-state index is 0.609. The van der Waals surface area contributed by atoms with Crippen LogP contribution in [0.25, 0.3) is 0 Å². The van der Waals surface area contributed by atoms with Gasteiger partial charge in [0, 0.05) is 12.6 Å². The lowest BCUT2D eigenvalue weighted by Gasteiger charge is -2.29. The Morgan fingerprint density at radius 3 is 2.25 bits per heavy atom. The first-order chi connectivity index (χ1) is 11.8. The highest BCUT2D eigenvalue weighted by Gasteiger charge is 2.21. The monoisotopic (exact) mass is 325 g/mol. The van der Waals surface area contributed by atoms with Crippen molar-refractivity contribution in [3.63, 3.8) is 0 Å². The first-order valence-electron chi connectivity index (χ1n) is 8.79. The Bertz CT molecular complexity index is 634. The van der Waals surface area contributed by atoms with Crippen LogP contribution in [0.5, 0.6) is 11.5 Å². The van der Waals surface area contributed by atoms with E-state index in [0.717, 1.165) is 24.0 Å². The van der Waals surface area contributed by atoms with Crippen LogP contribution < -0.4 is 14.8 Å². The molecule has 3 heteroatoms. The van der Waals surface area contributed by atoms with Crippen molar-refractivity contribution in [2.75, 3.05) is 14.2 Å². The number of methoxy groups -OCH3 is 2. The number of hydrogen-bond donors (Lipinski definition) is 1. The molecule has 24 heavy (non-hydrogen) atoms. The van der Waals surface area contributed by atoms with E-state index in [1.54, 1.807) is 14.2 Å². The zero-order valence-corrected chi connectivity index (χ0v) is 14.6. The molecule has 0 spiro atoms. The van der Waals surface area contributed by atoms with E-state index in [1.807, 2.05) is 6.07 Å². The van der Waals surface area contributed by atoms with Crippen molar-refractivity contribution in [1.82, 2.24) is 5.32 Å². The average molecular weight is 325 g/mol. The largest absolute Gasteiger partial charge is 0.493 e. The fraction of sp³-hybridized carbons (Fsp3) is 0.429. The molecule has 2 aromatic rings. The molecule has 0 amide bonds. The molecule has 0 radical (unpaired) electrons. The molecule has 0 saturated heterocycles. The quantitative estimate of drug-likeness (QED) is 0.847. The Balaban J connectivity index is 1.50. The van der Waals surface area contributed by atoms with Gasteiger partial charge in [0.05, 0.1) is 14.2 Å². The highest BCUT2D eigenvalue weighted by Crippen LogP contribution is 2.33. The molecule has 0 unspecified atom stereocenters. The maximum Gasteiger partial charge on any atom is 0.161 e. The smallest absolute Gasteiger partial charge is 0.161 e. The molecule has 1 fully saturated rings. The van der Waals surface area contributed by atoms with E-state index in [9.17, 15) is 0 Å². The second kappa shape index (κ2) is 8.20. The number of ether oxygens (including phenoxy) is 2. The van der Waals surface area contributed by atoms with E-state index < -0.39 is 0 Å². The van der Waals surface area contributed by atoms with Gasteiger partial charge in [0.1, 0.15) is 0 Å². The molecule has 0 atom stereocenters. The number of rotatable bonds is 6. The molecule has 1 saturated carbocycles. The zero-order valence-electron chi connectivity index (χ0n) is 14.6. The molecule has 128 valence electrons. The van der Waals surface area contributed by atoms with Gasteiger partial charge in [-0.15, -0.1) is 0 Å². The summed E-state index contributed by atoms with van der Waals surface area (Å²) in [6.45, 7) is 0.876. The van der Waals surface area contributed by atoms with Crippen LogP contribution >= 0.6 is 0 Å². The average Bonchev–Trinajstić information content (AvgIpc) is 2.67. The van der Waals surface area contributed by atoms with Gasteiger partial charge in [-0.25, -0.2) is 0 Å². The normalized spacial score (nSPS) is 20.6. The summed E-state index contributed by atoms with van der Waals surface area (Å²) < 4.78 is 10.7. The second-order valence-corrected chi connectivity index (χ2v) is 6.53. The summed E-state index contributed by atoms with van der Waals surface area (Å²) in [6, 6.07) is 17.7. The number of hydrogen-bond acceptors (Lipinski definition) is 3. The second-order valence-electron chi connectivity index (χ2n) is 6.53. The van der Waals surface area contributed by atoms with Crippen LogP contribution in [-0.2, 0) is 6.54 Å². The van der Waals surface area contributed by atoms with Crippen molar-refractivity contribution in [2.24, 2.45) is 0 Å². The molecular formula is C21H27NO2. The Morgan fingerprint density at radius 1 is 0.875 bits per heavy atom. The lowest BCUT2D eigenvalue weighted by molar-refractivity contribution is 0.340. The summed E-state index contributed by atoms with van der Waals surface area (Å²) in [5, 5.41) is 3.70. The lowest BCUT2D eigenvalue weighted by Crippen LogP contribution is -2.32. The van der Waals surface area contributed by atoms with Crippen molar-refractivity contribution >= 4 is 0 Å². The third-order valence-corrected chi connectivity index (χ3v) is 5.04. The van der Waals surface area contributed by atoms with Gasteiger partial charge in [-0.2, -0.15) is 0 Å². The number of benzene rings is 2. The van der Waals surface area contributed by atoms with Crippen LogP contribution in [0.4, 0.5) is 0 Å². The zero-order chi connectivity index (χ0) is 16.8. The summed E-state index contributed by atoms with van der Waals surface area (Å²) in [4.78, 5) is 0. The SMILES string of the molecule is COc1ccc(CNC2CCC(c3ccccc3)CC2)cc1OC. The van der Waals surface area contributed by atoms with Gasteiger partial charge in [0.2, 0.25) is 0 Å². The third-order valence-electron chi connectivity index (χ3n) is 5.04. The maximum absolute atomic E-state index is 5.38. The lowest BCUT2D eigenvalue weighted by atomic mass is 9.82. The van der Waals surface area contributed by atoms with Gasteiger partial charge in [-0.3, -0.25) is 0 Å². The van der Waals surface area contributed by atoms with Crippen LogP contribution in [0, 0.1) is 0 Å². The van der Waals surface area contributed by atoms with E-state index in [2.05, 4.69) is 47.8 Å². The molecule has 1 aliphatic rings. The molecule has 0 bridgehead atoms. The van der Waals surface area contributed by atoms with Crippen molar-refractivity contribution < 1.29 is 9.47 Å². The molecule has 2 aromatic carbocycles. The molecule has 0 aromatic heterocycles. The van der Waals surface area contributed by atoms with Gasteiger partial charge < -0.3 is 14.8 Å². The molecule has 3 rings (SSSR count). The molecule has 1 N–H and O–H groups in total. The summed E-state index contributed by atoms with van der Waals surface area (Å²) in [6.07, 6.45) is 5.03. The molecule has 1 aliphatic carbocycles. The van der Waals surface area contributed by atoms with E-state index in [-0.39, 0.29) is 0 Å².